The summed E-state index contributed by atoms with van der Waals surface area (Å²) in [5.74, 6) is 0. The van der Waals surface area contributed by atoms with Crippen LogP contribution in [0.25, 0.3) is 0 Å². The third-order valence-electron chi connectivity index (χ3n) is 3.43. The fraction of sp³-hybridized carbons (Fsp3) is 0.538. The lowest BCUT2D eigenvalue weighted by Crippen LogP contribution is -2.32. The van der Waals surface area contributed by atoms with Gasteiger partial charge in [-0.25, -0.2) is 0 Å². The van der Waals surface area contributed by atoms with Gasteiger partial charge >= 0.3 is 0 Å². The van der Waals surface area contributed by atoms with Crippen LogP contribution >= 0.6 is 0 Å². The predicted octanol–water partition coefficient (Wildman–Crippen LogP) is 2.16. The Balaban J connectivity index is 2.76. The molecule has 0 aliphatic carbocycles. The van der Waals surface area contributed by atoms with Crippen molar-refractivity contribution in [2.45, 2.75) is 26.7 Å². The number of nitrogens with one attached hydrogen (secondary N) is 1. The van der Waals surface area contributed by atoms with Gasteiger partial charge in [0.05, 0.1) is 24.1 Å². The quantitative estimate of drug-likeness (QED) is 0.790. The van der Waals surface area contributed by atoms with Crippen LogP contribution < -0.4 is 5.32 Å². The van der Waals surface area contributed by atoms with Crippen LogP contribution in [0.15, 0.2) is 18.5 Å². The van der Waals surface area contributed by atoms with Crippen LogP contribution in [0.1, 0.15) is 32.3 Å². The van der Waals surface area contributed by atoms with E-state index < -0.39 is 0 Å². The highest BCUT2D eigenvalue weighted by molar-refractivity contribution is 5.55. The Hall–Kier alpha value is -1.60. The van der Waals surface area contributed by atoms with E-state index in [1.165, 1.54) is 0 Å². The molecule has 0 saturated heterocycles. The molecule has 92 valence electrons. The summed E-state index contributed by atoms with van der Waals surface area (Å²) in [6.45, 7) is 4.93. The molecule has 0 aliphatic heterocycles. The molecule has 4 nitrogen and oxygen atoms in total. The first kappa shape index (κ1) is 13.5. The minimum atomic E-state index is -0.122. The molecule has 1 rings (SSSR count). The van der Waals surface area contributed by atoms with Crippen LogP contribution in [0.2, 0.25) is 0 Å². The lowest BCUT2D eigenvalue weighted by atomic mass is 9.83. The number of nitriles is 1. The van der Waals surface area contributed by atoms with Gasteiger partial charge in [-0.15, -0.1) is 0 Å². The summed E-state index contributed by atoms with van der Waals surface area (Å²) in [4.78, 5) is 4.00. The zero-order valence-electron chi connectivity index (χ0n) is 10.4. The second-order valence-corrected chi connectivity index (χ2v) is 4.25. The molecule has 0 aromatic carbocycles. The standard InChI is InChI=1S/C13H19N3O/c1-3-13(4-2,10-17)9-16-12-8-15-6-5-11(12)7-14/h5-6,8,16-17H,3-4,9-10H2,1-2H3. The third-order valence-corrected chi connectivity index (χ3v) is 3.43. The minimum Gasteiger partial charge on any atom is -0.396 e. The van der Waals surface area contributed by atoms with E-state index in [9.17, 15) is 5.11 Å². The lowest BCUT2D eigenvalue weighted by molar-refractivity contribution is 0.127. The molecule has 0 aliphatic rings. The monoisotopic (exact) mass is 233 g/mol. The van der Waals surface area contributed by atoms with Crippen molar-refractivity contribution >= 4 is 5.69 Å². The number of aliphatic hydroxyl groups is 1. The van der Waals surface area contributed by atoms with Gasteiger partial charge in [0, 0.05) is 18.2 Å². The van der Waals surface area contributed by atoms with Crippen molar-refractivity contribution in [2.24, 2.45) is 5.41 Å². The summed E-state index contributed by atoms with van der Waals surface area (Å²) in [5, 5.41) is 21.6. The molecular weight excluding hydrogens is 214 g/mol. The van der Waals surface area contributed by atoms with E-state index >= 15 is 0 Å². The number of rotatable bonds is 6. The van der Waals surface area contributed by atoms with Crippen LogP contribution in [-0.4, -0.2) is 23.2 Å². The van der Waals surface area contributed by atoms with E-state index in [0.717, 1.165) is 18.5 Å². The largest absolute Gasteiger partial charge is 0.396 e. The maximum absolute atomic E-state index is 9.46. The molecule has 0 spiro atoms. The number of aromatic nitrogens is 1. The Labute approximate surface area is 102 Å². The Kier molecular flexibility index (Phi) is 4.92. The predicted molar refractivity (Wildman–Crippen MR) is 67.5 cm³/mol. The number of hydrogen-bond donors (Lipinski definition) is 2. The van der Waals surface area contributed by atoms with Gasteiger partial charge < -0.3 is 10.4 Å². The van der Waals surface area contributed by atoms with Crippen molar-refractivity contribution in [1.82, 2.24) is 4.98 Å². The number of nitrogens with zero attached hydrogens (tertiary/aromatic N) is 2. The maximum Gasteiger partial charge on any atom is 0.101 e. The lowest BCUT2D eigenvalue weighted by Gasteiger charge is -2.30. The van der Waals surface area contributed by atoms with Crippen LogP contribution in [-0.2, 0) is 0 Å². The Morgan fingerprint density at radius 3 is 2.71 bits per heavy atom. The topological polar surface area (TPSA) is 68.9 Å². The van der Waals surface area contributed by atoms with Gasteiger partial charge in [-0.3, -0.25) is 4.98 Å². The van der Waals surface area contributed by atoms with Gasteiger partial charge in [0.1, 0.15) is 6.07 Å². The second kappa shape index (κ2) is 6.21. The molecule has 2 N–H and O–H groups in total. The van der Waals surface area contributed by atoms with E-state index in [1.807, 2.05) is 0 Å². The molecule has 0 unspecified atom stereocenters. The van der Waals surface area contributed by atoms with Crippen LogP contribution in [0.4, 0.5) is 5.69 Å². The summed E-state index contributed by atoms with van der Waals surface area (Å²) in [5.41, 5.74) is 1.19. The fourth-order valence-corrected chi connectivity index (χ4v) is 1.70. The van der Waals surface area contributed by atoms with Crippen molar-refractivity contribution in [2.75, 3.05) is 18.5 Å². The average molecular weight is 233 g/mol. The Morgan fingerprint density at radius 1 is 1.47 bits per heavy atom. The first-order valence-corrected chi connectivity index (χ1v) is 5.90. The molecule has 0 fully saturated rings. The third kappa shape index (κ3) is 3.18. The van der Waals surface area contributed by atoms with E-state index in [2.05, 4.69) is 30.2 Å². The van der Waals surface area contributed by atoms with E-state index in [1.54, 1.807) is 18.5 Å². The van der Waals surface area contributed by atoms with Crippen LogP contribution in [0, 0.1) is 16.7 Å². The van der Waals surface area contributed by atoms with E-state index in [0.29, 0.717) is 12.1 Å². The molecule has 17 heavy (non-hydrogen) atoms. The highest BCUT2D eigenvalue weighted by Crippen LogP contribution is 2.26. The SMILES string of the molecule is CCC(CC)(CO)CNc1cnccc1C#N. The Morgan fingerprint density at radius 2 is 2.18 bits per heavy atom. The van der Waals surface area contributed by atoms with Crippen molar-refractivity contribution in [1.29, 1.82) is 5.26 Å². The average Bonchev–Trinajstić information content (AvgIpc) is 2.41. The number of hydrogen-bond acceptors (Lipinski definition) is 4. The van der Waals surface area contributed by atoms with Gasteiger partial charge in [-0.2, -0.15) is 5.26 Å². The highest BCUT2D eigenvalue weighted by Gasteiger charge is 2.25. The van der Waals surface area contributed by atoms with Gasteiger partial charge in [0.2, 0.25) is 0 Å². The smallest absolute Gasteiger partial charge is 0.101 e. The van der Waals surface area contributed by atoms with Crippen molar-refractivity contribution < 1.29 is 5.11 Å². The van der Waals surface area contributed by atoms with E-state index in [4.69, 9.17) is 5.26 Å². The number of pyridine rings is 1. The second-order valence-electron chi connectivity index (χ2n) is 4.25. The molecular formula is C13H19N3O. The zero-order valence-corrected chi connectivity index (χ0v) is 10.4. The molecule has 0 saturated carbocycles. The fourth-order valence-electron chi connectivity index (χ4n) is 1.70. The zero-order chi connectivity index (χ0) is 12.7. The van der Waals surface area contributed by atoms with Gasteiger partial charge in [0.25, 0.3) is 0 Å². The molecule has 0 radical (unpaired) electrons. The summed E-state index contributed by atoms with van der Waals surface area (Å²) >= 11 is 0. The van der Waals surface area contributed by atoms with Crippen molar-refractivity contribution in [3.8, 4) is 6.07 Å². The van der Waals surface area contributed by atoms with E-state index in [-0.39, 0.29) is 12.0 Å². The first-order chi connectivity index (χ1) is 8.21. The number of anilines is 1. The molecule has 0 bridgehead atoms. The molecule has 0 atom stereocenters. The summed E-state index contributed by atoms with van der Waals surface area (Å²) in [6.07, 6.45) is 5.04. The van der Waals surface area contributed by atoms with Crippen molar-refractivity contribution in [3.05, 3.63) is 24.0 Å². The van der Waals surface area contributed by atoms with Gasteiger partial charge in [-0.1, -0.05) is 13.8 Å². The minimum absolute atomic E-state index is 0.122. The van der Waals surface area contributed by atoms with Gasteiger partial charge in [0.15, 0.2) is 0 Å². The molecule has 1 heterocycles. The van der Waals surface area contributed by atoms with Crippen molar-refractivity contribution in [3.63, 3.8) is 0 Å². The van der Waals surface area contributed by atoms with Gasteiger partial charge in [-0.05, 0) is 18.9 Å². The molecule has 1 aromatic heterocycles. The van der Waals surface area contributed by atoms with Crippen LogP contribution in [0.3, 0.4) is 0 Å². The maximum atomic E-state index is 9.46. The molecule has 0 amide bonds. The number of aliphatic hydroxyl groups excluding tert-OH is 1. The molecule has 1 aromatic rings. The summed E-state index contributed by atoms with van der Waals surface area (Å²) in [7, 11) is 0. The summed E-state index contributed by atoms with van der Waals surface area (Å²) < 4.78 is 0. The normalized spacial score (nSPS) is 10.9. The van der Waals surface area contributed by atoms with Crippen LogP contribution in [0.5, 0.6) is 0 Å². The Bertz CT molecular complexity index is 386. The first-order valence-electron chi connectivity index (χ1n) is 5.90. The summed E-state index contributed by atoms with van der Waals surface area (Å²) in [6, 6.07) is 3.80. The highest BCUT2D eigenvalue weighted by atomic mass is 16.3. The molecule has 4 heteroatoms.